The summed E-state index contributed by atoms with van der Waals surface area (Å²) in [6, 6.07) is 5.05. The number of ether oxygens (including phenoxy) is 2. The standard InChI is InChI=1S/C16H20ClN3O4/c1-10-5-11(19-24-10)8-20(2)9-16(21)18-13-6-12(17)14(22-3)7-15(13)23-4/h5-7H,8-9H2,1-4H3,(H,18,21). The third-order valence-corrected chi connectivity index (χ3v) is 3.57. The third kappa shape index (κ3) is 4.62. The number of nitrogens with one attached hydrogen (secondary N) is 1. The van der Waals surface area contributed by atoms with Crippen molar-refractivity contribution in [2.45, 2.75) is 13.5 Å². The average molecular weight is 354 g/mol. The lowest BCUT2D eigenvalue weighted by Gasteiger charge is -2.16. The van der Waals surface area contributed by atoms with Crippen LogP contribution in [-0.2, 0) is 11.3 Å². The molecule has 0 aliphatic heterocycles. The molecule has 0 aliphatic carbocycles. The van der Waals surface area contributed by atoms with Gasteiger partial charge in [0.2, 0.25) is 5.91 Å². The Bertz CT molecular complexity index is 717. The van der Waals surface area contributed by atoms with Gasteiger partial charge < -0.3 is 19.3 Å². The Labute approximate surface area is 145 Å². The molecule has 1 N–H and O–H groups in total. The topological polar surface area (TPSA) is 76.8 Å². The summed E-state index contributed by atoms with van der Waals surface area (Å²) >= 11 is 6.10. The van der Waals surface area contributed by atoms with E-state index in [4.69, 9.17) is 25.6 Å². The number of carbonyl (C=O) groups excluding carboxylic acids is 1. The Morgan fingerprint density at radius 3 is 2.58 bits per heavy atom. The van der Waals surface area contributed by atoms with Gasteiger partial charge >= 0.3 is 0 Å². The number of anilines is 1. The van der Waals surface area contributed by atoms with Gasteiger partial charge in [-0.15, -0.1) is 0 Å². The van der Waals surface area contributed by atoms with Crippen molar-refractivity contribution in [2.75, 3.05) is 33.1 Å². The molecule has 1 amide bonds. The number of rotatable bonds is 7. The van der Waals surface area contributed by atoms with Crippen molar-refractivity contribution in [3.05, 3.63) is 34.7 Å². The van der Waals surface area contributed by atoms with Crippen LogP contribution >= 0.6 is 11.6 Å². The van der Waals surface area contributed by atoms with Gasteiger partial charge in [-0.2, -0.15) is 0 Å². The van der Waals surface area contributed by atoms with Crippen LogP contribution in [0.4, 0.5) is 5.69 Å². The van der Waals surface area contributed by atoms with Gasteiger partial charge in [0.1, 0.15) is 17.3 Å². The van der Waals surface area contributed by atoms with Crippen molar-refractivity contribution in [2.24, 2.45) is 0 Å². The lowest BCUT2D eigenvalue weighted by Crippen LogP contribution is -2.30. The lowest BCUT2D eigenvalue weighted by atomic mass is 10.2. The molecular weight excluding hydrogens is 334 g/mol. The fraction of sp³-hybridized carbons (Fsp3) is 0.375. The predicted molar refractivity (Wildman–Crippen MR) is 90.8 cm³/mol. The van der Waals surface area contributed by atoms with E-state index in [1.165, 1.54) is 14.2 Å². The molecule has 24 heavy (non-hydrogen) atoms. The Balaban J connectivity index is 2.00. The second-order valence-electron chi connectivity index (χ2n) is 5.34. The monoisotopic (exact) mass is 353 g/mol. The van der Waals surface area contributed by atoms with E-state index in [-0.39, 0.29) is 12.5 Å². The molecule has 0 aliphatic rings. The van der Waals surface area contributed by atoms with E-state index < -0.39 is 0 Å². The van der Waals surface area contributed by atoms with Gasteiger partial charge in [-0.3, -0.25) is 9.69 Å². The van der Waals surface area contributed by atoms with Crippen LogP contribution in [0, 0.1) is 6.92 Å². The van der Waals surface area contributed by atoms with Crippen molar-refractivity contribution < 1.29 is 18.8 Å². The Morgan fingerprint density at radius 2 is 2.00 bits per heavy atom. The average Bonchev–Trinajstić information content (AvgIpc) is 2.92. The molecular formula is C16H20ClN3O4. The number of amides is 1. The molecule has 1 aromatic carbocycles. The van der Waals surface area contributed by atoms with Crippen molar-refractivity contribution >= 4 is 23.2 Å². The summed E-state index contributed by atoms with van der Waals surface area (Å²) < 4.78 is 15.4. The summed E-state index contributed by atoms with van der Waals surface area (Å²) in [5.74, 6) is 1.49. The summed E-state index contributed by atoms with van der Waals surface area (Å²) in [5, 5.41) is 7.08. The van der Waals surface area contributed by atoms with Crippen LogP contribution in [-0.4, -0.2) is 43.8 Å². The van der Waals surface area contributed by atoms with Crippen LogP contribution in [0.2, 0.25) is 5.02 Å². The number of hydrogen-bond donors (Lipinski definition) is 1. The maximum absolute atomic E-state index is 12.2. The van der Waals surface area contributed by atoms with Crippen LogP contribution in [0.25, 0.3) is 0 Å². The van der Waals surface area contributed by atoms with Crippen LogP contribution in [0.15, 0.2) is 22.7 Å². The highest BCUT2D eigenvalue weighted by molar-refractivity contribution is 6.32. The number of carbonyl (C=O) groups is 1. The third-order valence-electron chi connectivity index (χ3n) is 3.27. The Morgan fingerprint density at radius 1 is 1.29 bits per heavy atom. The quantitative estimate of drug-likeness (QED) is 0.824. The van der Waals surface area contributed by atoms with E-state index in [1.807, 2.05) is 24.9 Å². The van der Waals surface area contributed by atoms with E-state index in [0.717, 1.165) is 11.5 Å². The molecule has 0 saturated carbocycles. The summed E-state index contributed by atoms with van der Waals surface area (Å²) in [4.78, 5) is 14.0. The highest BCUT2D eigenvalue weighted by Crippen LogP contribution is 2.35. The molecule has 0 atom stereocenters. The second kappa shape index (κ2) is 8.03. The number of aryl methyl sites for hydroxylation is 1. The normalized spacial score (nSPS) is 10.8. The number of benzene rings is 1. The minimum atomic E-state index is -0.197. The minimum Gasteiger partial charge on any atom is -0.495 e. The van der Waals surface area contributed by atoms with Crippen molar-refractivity contribution in [1.82, 2.24) is 10.1 Å². The SMILES string of the molecule is COc1cc(OC)c(NC(=O)CN(C)Cc2cc(C)on2)cc1Cl. The van der Waals surface area contributed by atoms with Crippen LogP contribution in [0.5, 0.6) is 11.5 Å². The molecule has 1 aromatic heterocycles. The van der Waals surface area contributed by atoms with Gasteiger partial charge in [0, 0.05) is 18.7 Å². The molecule has 0 saturated heterocycles. The molecule has 8 heteroatoms. The first kappa shape index (κ1) is 18.1. The number of halogens is 1. The maximum Gasteiger partial charge on any atom is 0.238 e. The molecule has 0 bridgehead atoms. The van der Waals surface area contributed by atoms with E-state index in [0.29, 0.717) is 28.8 Å². The first-order valence-corrected chi connectivity index (χ1v) is 7.62. The van der Waals surface area contributed by atoms with Gasteiger partial charge in [0.15, 0.2) is 0 Å². The summed E-state index contributed by atoms with van der Waals surface area (Å²) in [6.45, 7) is 2.51. The number of aromatic nitrogens is 1. The van der Waals surface area contributed by atoms with E-state index in [9.17, 15) is 4.79 Å². The largest absolute Gasteiger partial charge is 0.495 e. The van der Waals surface area contributed by atoms with Gasteiger partial charge in [-0.1, -0.05) is 16.8 Å². The van der Waals surface area contributed by atoms with E-state index >= 15 is 0 Å². The van der Waals surface area contributed by atoms with Gasteiger partial charge in [0.25, 0.3) is 0 Å². The number of hydrogen-bond acceptors (Lipinski definition) is 6. The second-order valence-corrected chi connectivity index (χ2v) is 5.74. The molecule has 2 aromatic rings. The molecule has 0 fully saturated rings. The fourth-order valence-electron chi connectivity index (χ4n) is 2.22. The first-order chi connectivity index (χ1) is 11.4. The summed E-state index contributed by atoms with van der Waals surface area (Å²) in [5.41, 5.74) is 1.26. The lowest BCUT2D eigenvalue weighted by molar-refractivity contribution is -0.117. The molecule has 0 spiro atoms. The molecule has 0 unspecified atom stereocenters. The van der Waals surface area contributed by atoms with Crippen molar-refractivity contribution in [1.29, 1.82) is 0 Å². The first-order valence-electron chi connectivity index (χ1n) is 7.25. The van der Waals surface area contributed by atoms with Crippen molar-refractivity contribution in [3.63, 3.8) is 0 Å². The fourth-order valence-corrected chi connectivity index (χ4v) is 2.46. The van der Waals surface area contributed by atoms with Gasteiger partial charge in [-0.25, -0.2) is 0 Å². The predicted octanol–water partition coefficient (Wildman–Crippen LogP) is 2.72. The number of nitrogens with zero attached hydrogens (tertiary/aromatic N) is 2. The highest BCUT2D eigenvalue weighted by atomic mass is 35.5. The van der Waals surface area contributed by atoms with Gasteiger partial charge in [0.05, 0.1) is 37.2 Å². The number of likely N-dealkylation sites (N-methyl/N-ethyl adjacent to an activating group) is 1. The van der Waals surface area contributed by atoms with Crippen LogP contribution in [0.1, 0.15) is 11.5 Å². The van der Waals surface area contributed by atoms with Crippen LogP contribution in [0.3, 0.4) is 0 Å². The molecule has 2 rings (SSSR count). The van der Waals surface area contributed by atoms with Crippen LogP contribution < -0.4 is 14.8 Å². The molecule has 130 valence electrons. The Kier molecular flexibility index (Phi) is 6.05. The zero-order valence-corrected chi connectivity index (χ0v) is 14.8. The molecule has 0 radical (unpaired) electrons. The maximum atomic E-state index is 12.2. The zero-order valence-electron chi connectivity index (χ0n) is 14.1. The smallest absolute Gasteiger partial charge is 0.238 e. The highest BCUT2D eigenvalue weighted by Gasteiger charge is 2.14. The minimum absolute atomic E-state index is 0.179. The van der Waals surface area contributed by atoms with E-state index in [1.54, 1.807) is 12.1 Å². The molecule has 1 heterocycles. The summed E-state index contributed by atoms with van der Waals surface area (Å²) in [7, 11) is 4.85. The van der Waals surface area contributed by atoms with Gasteiger partial charge in [-0.05, 0) is 20.0 Å². The molecule has 7 nitrogen and oxygen atoms in total. The van der Waals surface area contributed by atoms with E-state index in [2.05, 4.69) is 10.5 Å². The van der Waals surface area contributed by atoms with Crippen molar-refractivity contribution in [3.8, 4) is 11.5 Å². The Hall–Kier alpha value is -2.25. The summed E-state index contributed by atoms with van der Waals surface area (Å²) in [6.07, 6.45) is 0. The zero-order chi connectivity index (χ0) is 17.7. The number of methoxy groups -OCH3 is 2.